The molecule has 0 N–H and O–H groups in total. The van der Waals surface area contributed by atoms with Gasteiger partial charge in [0.25, 0.3) is 5.91 Å². The minimum absolute atomic E-state index is 0.133. The van der Waals surface area contributed by atoms with Crippen LogP contribution in [0.25, 0.3) is 10.2 Å². The van der Waals surface area contributed by atoms with Crippen molar-refractivity contribution in [2.45, 2.75) is 17.9 Å². The third-order valence-electron chi connectivity index (χ3n) is 7.03. The largest absolute Gasteiger partial charge is 0.345 e. The summed E-state index contributed by atoms with van der Waals surface area (Å²) in [7, 11) is -3.66. The van der Waals surface area contributed by atoms with Crippen LogP contribution in [-0.4, -0.2) is 61.2 Å². The van der Waals surface area contributed by atoms with Gasteiger partial charge in [0.05, 0.1) is 9.60 Å². The summed E-state index contributed by atoms with van der Waals surface area (Å²) in [6.07, 6.45) is 0.684. The Kier molecular flexibility index (Phi) is 6.18. The third kappa shape index (κ3) is 4.49. The second kappa shape index (κ2) is 9.51. The molecule has 2 aliphatic rings. The molecule has 10 heteroatoms. The lowest BCUT2D eigenvalue weighted by Crippen LogP contribution is -2.48. The van der Waals surface area contributed by atoms with E-state index >= 15 is 0 Å². The van der Waals surface area contributed by atoms with Gasteiger partial charge in [0.2, 0.25) is 10.0 Å². The first-order valence-corrected chi connectivity index (χ1v) is 14.4. The van der Waals surface area contributed by atoms with E-state index in [2.05, 4.69) is 9.88 Å². The molecule has 0 saturated carbocycles. The highest BCUT2D eigenvalue weighted by atomic mass is 32.2. The first-order valence-electron chi connectivity index (χ1n) is 12.2. The third-order valence-corrected chi connectivity index (χ3v) is 9.97. The van der Waals surface area contributed by atoms with E-state index in [-0.39, 0.29) is 16.6 Å². The molecule has 4 aromatic rings. The SMILES string of the molecule is O=C(c1ccc(S(=O)(=O)N2CCc3ccccc3C2)cc1)N1CCN(c2nc3c(F)cccc3s2)CC1. The number of carbonyl (C=O) groups excluding carboxylic acids is 1. The van der Waals surface area contributed by atoms with Crippen molar-refractivity contribution in [1.82, 2.24) is 14.2 Å². The summed E-state index contributed by atoms with van der Waals surface area (Å²) in [5, 5.41) is 0.752. The monoisotopic (exact) mass is 536 g/mol. The van der Waals surface area contributed by atoms with Crippen molar-refractivity contribution in [1.29, 1.82) is 0 Å². The van der Waals surface area contributed by atoms with Crippen LogP contribution in [0.5, 0.6) is 0 Å². The number of hydrogen-bond acceptors (Lipinski definition) is 6. The molecule has 1 aromatic heterocycles. The highest BCUT2D eigenvalue weighted by Crippen LogP contribution is 2.31. The minimum atomic E-state index is -3.66. The lowest BCUT2D eigenvalue weighted by molar-refractivity contribution is 0.0746. The molecule has 0 atom stereocenters. The van der Waals surface area contributed by atoms with Gasteiger partial charge in [0.1, 0.15) is 11.3 Å². The molecule has 1 fully saturated rings. The van der Waals surface area contributed by atoms with E-state index in [1.807, 2.05) is 30.3 Å². The number of carbonyl (C=O) groups is 1. The Morgan fingerprint density at radius 2 is 1.59 bits per heavy atom. The van der Waals surface area contributed by atoms with E-state index in [1.165, 1.54) is 39.4 Å². The van der Waals surface area contributed by atoms with Crippen molar-refractivity contribution in [2.75, 3.05) is 37.6 Å². The average molecular weight is 537 g/mol. The van der Waals surface area contributed by atoms with Crippen molar-refractivity contribution in [2.24, 2.45) is 0 Å². The summed E-state index contributed by atoms with van der Waals surface area (Å²) in [4.78, 5) is 21.6. The highest BCUT2D eigenvalue weighted by molar-refractivity contribution is 7.89. The Bertz CT molecular complexity index is 1580. The molecule has 7 nitrogen and oxygen atoms in total. The molecule has 0 radical (unpaired) electrons. The van der Waals surface area contributed by atoms with E-state index < -0.39 is 10.0 Å². The number of amides is 1. The lowest BCUT2D eigenvalue weighted by atomic mass is 10.0. The number of thiazole rings is 1. The molecule has 1 amide bonds. The van der Waals surface area contributed by atoms with Crippen LogP contribution in [0.4, 0.5) is 9.52 Å². The van der Waals surface area contributed by atoms with Crippen LogP contribution in [-0.2, 0) is 23.0 Å². The maximum Gasteiger partial charge on any atom is 0.253 e. The summed E-state index contributed by atoms with van der Waals surface area (Å²) in [5.74, 6) is -0.463. The summed E-state index contributed by atoms with van der Waals surface area (Å²) in [5.41, 5.74) is 3.05. The van der Waals surface area contributed by atoms with Crippen molar-refractivity contribution in [3.05, 3.63) is 89.2 Å². The Morgan fingerprint density at radius 3 is 2.32 bits per heavy atom. The van der Waals surface area contributed by atoms with Gasteiger partial charge >= 0.3 is 0 Å². The van der Waals surface area contributed by atoms with Crippen LogP contribution < -0.4 is 4.90 Å². The van der Waals surface area contributed by atoms with E-state index in [1.54, 1.807) is 23.1 Å². The molecule has 3 heterocycles. The molecule has 0 unspecified atom stereocenters. The smallest absolute Gasteiger partial charge is 0.253 e. The van der Waals surface area contributed by atoms with Gasteiger partial charge in [-0.25, -0.2) is 17.8 Å². The Balaban J connectivity index is 1.11. The zero-order valence-corrected chi connectivity index (χ0v) is 21.6. The van der Waals surface area contributed by atoms with Gasteiger partial charge in [0.15, 0.2) is 5.13 Å². The maximum atomic E-state index is 14.0. The molecule has 6 rings (SSSR count). The number of piperazine rings is 1. The average Bonchev–Trinajstić information content (AvgIpc) is 3.38. The molecule has 0 spiro atoms. The first-order chi connectivity index (χ1) is 17.9. The van der Waals surface area contributed by atoms with Crippen LogP contribution in [0, 0.1) is 5.82 Å². The van der Waals surface area contributed by atoms with Gasteiger partial charge in [-0.1, -0.05) is 41.7 Å². The van der Waals surface area contributed by atoms with E-state index in [9.17, 15) is 17.6 Å². The number of fused-ring (bicyclic) bond motifs is 2. The number of anilines is 1. The second-order valence-corrected chi connectivity index (χ2v) is 12.2. The number of benzene rings is 3. The van der Waals surface area contributed by atoms with Gasteiger partial charge in [-0.05, 0) is 53.9 Å². The predicted octanol–water partition coefficient (Wildman–Crippen LogP) is 4.14. The normalized spacial score (nSPS) is 16.7. The Labute approximate surface area is 218 Å². The fourth-order valence-electron chi connectivity index (χ4n) is 4.92. The predicted molar refractivity (Wildman–Crippen MR) is 142 cm³/mol. The van der Waals surface area contributed by atoms with E-state index in [0.717, 1.165) is 15.4 Å². The van der Waals surface area contributed by atoms with Crippen LogP contribution in [0.3, 0.4) is 0 Å². The molecule has 1 saturated heterocycles. The van der Waals surface area contributed by atoms with Crippen LogP contribution in [0.2, 0.25) is 0 Å². The fraction of sp³-hybridized carbons (Fsp3) is 0.259. The van der Waals surface area contributed by atoms with Crippen molar-refractivity contribution >= 4 is 42.6 Å². The van der Waals surface area contributed by atoms with Crippen molar-refractivity contribution in [3.63, 3.8) is 0 Å². The molecule has 190 valence electrons. The lowest BCUT2D eigenvalue weighted by Gasteiger charge is -2.34. The fourth-order valence-corrected chi connectivity index (χ4v) is 7.37. The van der Waals surface area contributed by atoms with Crippen molar-refractivity contribution in [3.8, 4) is 0 Å². The molecule has 3 aromatic carbocycles. The van der Waals surface area contributed by atoms with Crippen LogP contribution in [0.15, 0.2) is 71.6 Å². The molecule has 0 aliphatic carbocycles. The molecular weight excluding hydrogens is 511 g/mol. The number of hydrogen-bond donors (Lipinski definition) is 0. The Hall–Kier alpha value is -3.34. The highest BCUT2D eigenvalue weighted by Gasteiger charge is 2.29. The number of sulfonamides is 1. The van der Waals surface area contributed by atoms with Gasteiger partial charge in [-0.15, -0.1) is 0 Å². The van der Waals surface area contributed by atoms with Gasteiger partial charge < -0.3 is 9.80 Å². The maximum absolute atomic E-state index is 14.0. The Morgan fingerprint density at radius 1 is 0.865 bits per heavy atom. The number of nitrogens with zero attached hydrogens (tertiary/aromatic N) is 4. The van der Waals surface area contributed by atoms with Crippen molar-refractivity contribution < 1.29 is 17.6 Å². The second-order valence-electron chi connectivity index (χ2n) is 9.24. The first kappa shape index (κ1) is 24.0. The quantitative estimate of drug-likeness (QED) is 0.392. The van der Waals surface area contributed by atoms with E-state index in [4.69, 9.17) is 0 Å². The number of rotatable bonds is 4. The molecule has 2 aliphatic heterocycles. The number of aromatic nitrogens is 1. The standard InChI is InChI=1S/C27H25FN4O3S2/c28-23-6-3-7-24-25(23)29-27(36-24)31-16-14-30(15-17-31)26(33)20-8-10-22(11-9-20)37(34,35)32-13-12-19-4-1-2-5-21(19)18-32/h1-11H,12-18H2. The summed E-state index contributed by atoms with van der Waals surface area (Å²) >= 11 is 1.45. The summed E-state index contributed by atoms with van der Waals surface area (Å²) in [6, 6.07) is 19.1. The topological polar surface area (TPSA) is 73.8 Å². The minimum Gasteiger partial charge on any atom is -0.345 e. The van der Waals surface area contributed by atoms with E-state index in [0.29, 0.717) is 56.8 Å². The number of para-hydroxylation sites is 1. The molecular formula is C27H25FN4O3S2. The molecule has 37 heavy (non-hydrogen) atoms. The zero-order chi connectivity index (χ0) is 25.6. The van der Waals surface area contributed by atoms with Crippen LogP contribution in [0.1, 0.15) is 21.5 Å². The zero-order valence-electron chi connectivity index (χ0n) is 20.0. The van der Waals surface area contributed by atoms with Gasteiger partial charge in [-0.3, -0.25) is 4.79 Å². The number of halogens is 1. The summed E-state index contributed by atoms with van der Waals surface area (Å²) in [6.45, 7) is 2.98. The van der Waals surface area contributed by atoms with Gasteiger partial charge in [-0.2, -0.15) is 4.31 Å². The summed E-state index contributed by atoms with van der Waals surface area (Å²) < 4.78 is 42.8. The van der Waals surface area contributed by atoms with Crippen LogP contribution >= 0.6 is 11.3 Å². The van der Waals surface area contributed by atoms with Gasteiger partial charge in [0, 0.05) is 44.8 Å². The molecule has 0 bridgehead atoms.